The molecular weight excluding hydrogens is 396 g/mol. The number of anilines is 1. The molecule has 1 fully saturated rings. The number of piperidine rings is 1. The standard InChI is InChI=1S/C24H24N2O3S/c27-24(25-21-12-6-2-7-13-21)20-16-17-23(19-10-4-1-5-11-19)26(18-20)30(28,29)22-14-8-3-9-15-22/h1-15,20,23H,16-18H2,(H,25,27). The summed E-state index contributed by atoms with van der Waals surface area (Å²) in [6.45, 7) is 0.148. The van der Waals surface area contributed by atoms with Crippen molar-refractivity contribution in [3.8, 4) is 0 Å². The van der Waals surface area contributed by atoms with Crippen molar-refractivity contribution in [1.82, 2.24) is 4.31 Å². The fourth-order valence-electron chi connectivity index (χ4n) is 3.92. The first kappa shape index (κ1) is 20.3. The highest BCUT2D eigenvalue weighted by Crippen LogP contribution is 2.37. The van der Waals surface area contributed by atoms with Gasteiger partial charge in [-0.3, -0.25) is 4.79 Å². The lowest BCUT2D eigenvalue weighted by Gasteiger charge is -2.38. The van der Waals surface area contributed by atoms with Crippen LogP contribution in [0.1, 0.15) is 24.4 Å². The molecule has 3 aromatic carbocycles. The number of amides is 1. The normalized spacial score (nSPS) is 19.9. The molecule has 1 aliphatic heterocycles. The number of rotatable bonds is 5. The molecule has 0 bridgehead atoms. The van der Waals surface area contributed by atoms with Gasteiger partial charge in [0.15, 0.2) is 0 Å². The number of benzene rings is 3. The van der Waals surface area contributed by atoms with Crippen LogP contribution in [-0.2, 0) is 14.8 Å². The molecule has 1 amide bonds. The lowest BCUT2D eigenvalue weighted by molar-refractivity contribution is -0.121. The van der Waals surface area contributed by atoms with E-state index in [0.29, 0.717) is 18.5 Å². The van der Waals surface area contributed by atoms with E-state index in [0.717, 1.165) is 5.56 Å². The Hall–Kier alpha value is -2.96. The molecule has 2 unspecified atom stereocenters. The van der Waals surface area contributed by atoms with Crippen molar-refractivity contribution >= 4 is 21.6 Å². The molecule has 0 radical (unpaired) electrons. The third-order valence-electron chi connectivity index (χ3n) is 5.48. The minimum atomic E-state index is -3.75. The zero-order chi connectivity index (χ0) is 21.0. The van der Waals surface area contributed by atoms with Crippen LogP contribution in [0.25, 0.3) is 0 Å². The Morgan fingerprint density at radius 1 is 0.800 bits per heavy atom. The maximum absolute atomic E-state index is 13.5. The number of nitrogens with one attached hydrogen (secondary N) is 1. The molecule has 154 valence electrons. The Labute approximate surface area is 177 Å². The number of hydrogen-bond donors (Lipinski definition) is 1. The second kappa shape index (κ2) is 8.81. The van der Waals surface area contributed by atoms with Gasteiger partial charge in [-0.1, -0.05) is 66.7 Å². The Bertz CT molecular complexity index is 1090. The van der Waals surface area contributed by atoms with E-state index in [2.05, 4.69) is 5.32 Å². The fraction of sp³-hybridized carbons (Fsp3) is 0.208. The molecule has 30 heavy (non-hydrogen) atoms. The molecule has 0 spiro atoms. The van der Waals surface area contributed by atoms with Crippen molar-refractivity contribution in [2.45, 2.75) is 23.8 Å². The number of sulfonamides is 1. The number of nitrogens with zero attached hydrogens (tertiary/aromatic N) is 1. The summed E-state index contributed by atoms with van der Waals surface area (Å²) in [7, 11) is -3.75. The second-order valence-corrected chi connectivity index (χ2v) is 9.33. The SMILES string of the molecule is O=C(Nc1ccccc1)C1CCC(c2ccccc2)N(S(=O)(=O)c2ccccc2)C1. The minimum absolute atomic E-state index is 0.148. The molecule has 1 heterocycles. The Kier molecular flexibility index (Phi) is 5.97. The van der Waals surface area contributed by atoms with Crippen LogP contribution in [0.15, 0.2) is 95.9 Å². The highest BCUT2D eigenvalue weighted by atomic mass is 32.2. The monoisotopic (exact) mass is 420 g/mol. The fourth-order valence-corrected chi connectivity index (χ4v) is 5.63. The molecule has 0 aliphatic carbocycles. The van der Waals surface area contributed by atoms with Crippen molar-refractivity contribution in [2.24, 2.45) is 5.92 Å². The summed E-state index contributed by atoms with van der Waals surface area (Å²) in [5.74, 6) is -0.565. The van der Waals surface area contributed by atoms with Crippen LogP contribution in [-0.4, -0.2) is 25.2 Å². The van der Waals surface area contributed by atoms with Gasteiger partial charge in [0.25, 0.3) is 0 Å². The third kappa shape index (κ3) is 4.30. The smallest absolute Gasteiger partial charge is 0.243 e. The van der Waals surface area contributed by atoms with E-state index in [-0.39, 0.29) is 23.4 Å². The molecule has 1 N–H and O–H groups in total. The van der Waals surface area contributed by atoms with Gasteiger partial charge >= 0.3 is 0 Å². The summed E-state index contributed by atoms with van der Waals surface area (Å²) in [4.78, 5) is 13.1. The van der Waals surface area contributed by atoms with Crippen LogP contribution in [0.4, 0.5) is 5.69 Å². The first-order valence-electron chi connectivity index (χ1n) is 10.0. The van der Waals surface area contributed by atoms with Gasteiger partial charge in [0.1, 0.15) is 0 Å². The topological polar surface area (TPSA) is 66.5 Å². The zero-order valence-electron chi connectivity index (χ0n) is 16.5. The van der Waals surface area contributed by atoms with Gasteiger partial charge in [-0.05, 0) is 42.7 Å². The highest BCUT2D eigenvalue weighted by molar-refractivity contribution is 7.89. The van der Waals surface area contributed by atoms with Gasteiger partial charge < -0.3 is 5.32 Å². The van der Waals surface area contributed by atoms with Crippen molar-refractivity contribution in [3.05, 3.63) is 96.6 Å². The summed E-state index contributed by atoms with van der Waals surface area (Å²) < 4.78 is 28.5. The maximum atomic E-state index is 13.5. The zero-order valence-corrected chi connectivity index (χ0v) is 17.3. The summed E-state index contributed by atoms with van der Waals surface area (Å²) in [5.41, 5.74) is 1.66. The Morgan fingerprint density at radius 2 is 1.37 bits per heavy atom. The van der Waals surface area contributed by atoms with Gasteiger partial charge in [0, 0.05) is 12.2 Å². The van der Waals surface area contributed by atoms with Gasteiger partial charge in [-0.15, -0.1) is 0 Å². The lowest BCUT2D eigenvalue weighted by atomic mass is 9.90. The maximum Gasteiger partial charge on any atom is 0.243 e. The lowest BCUT2D eigenvalue weighted by Crippen LogP contribution is -2.45. The average Bonchev–Trinajstić information content (AvgIpc) is 2.80. The quantitative estimate of drug-likeness (QED) is 0.662. The van der Waals surface area contributed by atoms with E-state index in [1.807, 2.05) is 60.7 Å². The summed E-state index contributed by atoms with van der Waals surface area (Å²) in [5, 5.41) is 2.92. The van der Waals surface area contributed by atoms with Crippen molar-refractivity contribution in [1.29, 1.82) is 0 Å². The first-order chi connectivity index (χ1) is 14.6. The molecule has 0 saturated carbocycles. The van der Waals surface area contributed by atoms with Gasteiger partial charge in [-0.25, -0.2) is 8.42 Å². The molecule has 5 nitrogen and oxygen atoms in total. The minimum Gasteiger partial charge on any atom is -0.326 e. The summed E-state index contributed by atoms with van der Waals surface area (Å²) in [6.07, 6.45) is 1.21. The molecule has 2 atom stereocenters. The largest absolute Gasteiger partial charge is 0.326 e. The third-order valence-corrected chi connectivity index (χ3v) is 7.37. The van der Waals surface area contributed by atoms with Crippen LogP contribution in [0.5, 0.6) is 0 Å². The van der Waals surface area contributed by atoms with Crippen LogP contribution in [0.2, 0.25) is 0 Å². The van der Waals surface area contributed by atoms with Gasteiger partial charge in [-0.2, -0.15) is 4.31 Å². The Morgan fingerprint density at radius 3 is 2.00 bits per heavy atom. The summed E-state index contributed by atoms with van der Waals surface area (Å²) >= 11 is 0. The molecule has 3 aromatic rings. The molecule has 6 heteroatoms. The van der Waals surface area contributed by atoms with Crippen molar-refractivity contribution < 1.29 is 13.2 Å². The number of carbonyl (C=O) groups excluding carboxylic acids is 1. The molecule has 4 rings (SSSR count). The Balaban J connectivity index is 1.63. The van der Waals surface area contributed by atoms with E-state index >= 15 is 0 Å². The van der Waals surface area contributed by atoms with Crippen LogP contribution in [0, 0.1) is 5.92 Å². The average molecular weight is 421 g/mol. The number of carbonyl (C=O) groups is 1. The van der Waals surface area contributed by atoms with Crippen LogP contribution < -0.4 is 5.32 Å². The molecule has 0 aromatic heterocycles. The van der Waals surface area contributed by atoms with Crippen LogP contribution in [0.3, 0.4) is 0 Å². The van der Waals surface area contributed by atoms with Crippen molar-refractivity contribution in [2.75, 3.05) is 11.9 Å². The number of hydrogen-bond acceptors (Lipinski definition) is 3. The second-order valence-electron chi connectivity index (χ2n) is 7.44. The van der Waals surface area contributed by atoms with E-state index in [4.69, 9.17) is 0 Å². The molecule has 1 aliphatic rings. The van der Waals surface area contributed by atoms with E-state index in [1.165, 1.54) is 4.31 Å². The van der Waals surface area contributed by atoms with E-state index in [9.17, 15) is 13.2 Å². The van der Waals surface area contributed by atoms with Crippen molar-refractivity contribution in [3.63, 3.8) is 0 Å². The molecular formula is C24H24N2O3S. The van der Waals surface area contributed by atoms with Gasteiger partial charge in [0.2, 0.25) is 15.9 Å². The summed E-state index contributed by atoms with van der Waals surface area (Å²) in [6, 6.07) is 27.0. The number of para-hydroxylation sites is 1. The van der Waals surface area contributed by atoms with E-state index in [1.54, 1.807) is 30.3 Å². The molecule has 1 saturated heterocycles. The van der Waals surface area contributed by atoms with E-state index < -0.39 is 15.9 Å². The van der Waals surface area contributed by atoms with Crippen LogP contribution >= 0.6 is 0 Å². The predicted octanol–water partition coefficient (Wildman–Crippen LogP) is 4.47. The predicted molar refractivity (Wildman–Crippen MR) is 117 cm³/mol. The highest BCUT2D eigenvalue weighted by Gasteiger charge is 2.40. The first-order valence-corrected chi connectivity index (χ1v) is 11.5. The van der Waals surface area contributed by atoms with Gasteiger partial charge in [0.05, 0.1) is 16.9 Å².